The lowest BCUT2D eigenvalue weighted by Gasteiger charge is -2.37. The third-order valence-corrected chi connectivity index (χ3v) is 4.44. The molecule has 3 rings (SSSR count). The van der Waals surface area contributed by atoms with Gasteiger partial charge in [-0.2, -0.15) is 0 Å². The van der Waals surface area contributed by atoms with Crippen LogP contribution in [0.3, 0.4) is 0 Å². The average Bonchev–Trinajstić information content (AvgIpc) is 2.46. The van der Waals surface area contributed by atoms with Gasteiger partial charge in [0, 0.05) is 18.0 Å². The zero-order valence-electron chi connectivity index (χ0n) is 12.3. The Labute approximate surface area is 123 Å². The van der Waals surface area contributed by atoms with Gasteiger partial charge in [0.25, 0.3) is 5.92 Å². The van der Waals surface area contributed by atoms with E-state index in [0.29, 0.717) is 30.3 Å². The van der Waals surface area contributed by atoms with E-state index < -0.39 is 11.5 Å². The van der Waals surface area contributed by atoms with Gasteiger partial charge in [0.2, 0.25) is 0 Å². The molecule has 0 aromatic heterocycles. The zero-order chi connectivity index (χ0) is 15.1. The van der Waals surface area contributed by atoms with E-state index in [4.69, 9.17) is 15.2 Å². The van der Waals surface area contributed by atoms with E-state index in [1.165, 1.54) is 6.07 Å². The smallest absolute Gasteiger partial charge is 0.270 e. The highest BCUT2D eigenvalue weighted by Gasteiger charge is 2.39. The largest absolute Gasteiger partial charge is 0.486 e. The fraction of sp³-hybridized carbons (Fsp3) is 0.625. The number of nitrogens with two attached hydrogens (primary N) is 1. The van der Waals surface area contributed by atoms with Crippen molar-refractivity contribution in [1.82, 2.24) is 0 Å². The predicted molar refractivity (Wildman–Crippen MR) is 76.0 cm³/mol. The van der Waals surface area contributed by atoms with E-state index in [0.717, 1.165) is 39.0 Å². The molecule has 0 unspecified atom stereocenters. The molecule has 116 valence electrons. The Kier molecular flexibility index (Phi) is 3.56. The van der Waals surface area contributed by atoms with Gasteiger partial charge < -0.3 is 15.2 Å². The van der Waals surface area contributed by atoms with E-state index in [1.807, 2.05) is 0 Å². The standard InChI is InChI=1S/C16H21F2NO2/c1-15(17,18)11-9-13-14(21-8-7-20-13)10-12(11)16(19)5-3-2-4-6-16/h9-10H,2-8,19H2,1H3. The normalized spacial score (nSPS) is 21.1. The van der Waals surface area contributed by atoms with Crippen molar-refractivity contribution in [2.24, 2.45) is 5.73 Å². The highest BCUT2D eigenvalue weighted by atomic mass is 19.3. The first-order chi connectivity index (χ1) is 9.90. The molecule has 0 bridgehead atoms. The monoisotopic (exact) mass is 297 g/mol. The molecule has 0 atom stereocenters. The molecule has 1 aliphatic carbocycles. The topological polar surface area (TPSA) is 44.5 Å². The van der Waals surface area contributed by atoms with Crippen molar-refractivity contribution < 1.29 is 18.3 Å². The maximum atomic E-state index is 14.1. The number of hydrogen-bond acceptors (Lipinski definition) is 3. The number of fused-ring (bicyclic) bond motifs is 1. The quantitative estimate of drug-likeness (QED) is 0.905. The van der Waals surface area contributed by atoms with Gasteiger partial charge >= 0.3 is 0 Å². The molecule has 1 saturated carbocycles. The molecule has 2 N–H and O–H groups in total. The lowest BCUT2D eigenvalue weighted by atomic mass is 9.75. The van der Waals surface area contributed by atoms with Crippen molar-refractivity contribution in [2.75, 3.05) is 13.2 Å². The second-order valence-corrected chi connectivity index (χ2v) is 6.15. The van der Waals surface area contributed by atoms with Crippen LogP contribution in [0.15, 0.2) is 12.1 Å². The van der Waals surface area contributed by atoms with Gasteiger partial charge in [-0.05, 0) is 30.5 Å². The summed E-state index contributed by atoms with van der Waals surface area (Å²) in [5.41, 5.74) is 6.27. The van der Waals surface area contributed by atoms with E-state index in [-0.39, 0.29) is 5.56 Å². The maximum Gasteiger partial charge on any atom is 0.270 e. The Bertz CT molecular complexity index is 534. The summed E-state index contributed by atoms with van der Waals surface area (Å²) in [4.78, 5) is 0. The first-order valence-corrected chi connectivity index (χ1v) is 7.51. The molecular weight excluding hydrogens is 276 g/mol. The van der Waals surface area contributed by atoms with Gasteiger partial charge in [0.05, 0.1) is 0 Å². The molecular formula is C16H21F2NO2. The van der Waals surface area contributed by atoms with Crippen LogP contribution in [-0.4, -0.2) is 13.2 Å². The number of hydrogen-bond donors (Lipinski definition) is 1. The Balaban J connectivity index is 2.12. The average molecular weight is 297 g/mol. The van der Waals surface area contributed by atoms with Crippen molar-refractivity contribution in [2.45, 2.75) is 50.5 Å². The Morgan fingerprint density at radius 3 is 2.19 bits per heavy atom. The summed E-state index contributed by atoms with van der Waals surface area (Å²) < 4.78 is 39.1. The van der Waals surface area contributed by atoms with Crippen molar-refractivity contribution >= 4 is 0 Å². The highest BCUT2D eigenvalue weighted by molar-refractivity contribution is 5.51. The second kappa shape index (κ2) is 5.13. The first-order valence-electron chi connectivity index (χ1n) is 7.51. The van der Waals surface area contributed by atoms with Crippen LogP contribution < -0.4 is 15.2 Å². The molecule has 1 aromatic rings. The summed E-state index contributed by atoms with van der Waals surface area (Å²) in [6.07, 6.45) is 4.52. The Morgan fingerprint density at radius 1 is 1.05 bits per heavy atom. The fourth-order valence-corrected chi connectivity index (χ4v) is 3.32. The van der Waals surface area contributed by atoms with Gasteiger partial charge in [0.15, 0.2) is 11.5 Å². The molecule has 21 heavy (non-hydrogen) atoms. The molecule has 0 amide bonds. The molecule has 0 radical (unpaired) electrons. The molecule has 1 aliphatic heterocycles. The zero-order valence-corrected chi connectivity index (χ0v) is 12.3. The number of benzene rings is 1. The molecule has 0 saturated heterocycles. The van der Waals surface area contributed by atoms with Gasteiger partial charge in [-0.3, -0.25) is 0 Å². The Morgan fingerprint density at radius 2 is 1.62 bits per heavy atom. The van der Waals surface area contributed by atoms with Crippen LogP contribution in [0.4, 0.5) is 8.78 Å². The van der Waals surface area contributed by atoms with E-state index in [2.05, 4.69) is 0 Å². The van der Waals surface area contributed by atoms with Crippen LogP contribution in [0.1, 0.15) is 50.2 Å². The van der Waals surface area contributed by atoms with Crippen molar-refractivity contribution in [3.63, 3.8) is 0 Å². The van der Waals surface area contributed by atoms with Crippen LogP contribution in [0.2, 0.25) is 0 Å². The SMILES string of the molecule is CC(F)(F)c1cc2c(cc1C1(N)CCCCC1)OCCO2. The van der Waals surface area contributed by atoms with Crippen LogP contribution >= 0.6 is 0 Å². The third kappa shape index (κ3) is 2.71. The Hall–Kier alpha value is -1.36. The van der Waals surface area contributed by atoms with Gasteiger partial charge in [-0.25, -0.2) is 8.78 Å². The van der Waals surface area contributed by atoms with Crippen LogP contribution in [0, 0.1) is 0 Å². The lowest BCUT2D eigenvalue weighted by Crippen LogP contribution is -2.40. The van der Waals surface area contributed by atoms with Crippen LogP contribution in [0.5, 0.6) is 11.5 Å². The van der Waals surface area contributed by atoms with Crippen LogP contribution in [0.25, 0.3) is 0 Å². The first kappa shape index (κ1) is 14.6. The second-order valence-electron chi connectivity index (χ2n) is 6.15. The van der Waals surface area contributed by atoms with Crippen molar-refractivity contribution in [3.05, 3.63) is 23.3 Å². The summed E-state index contributed by atoms with van der Waals surface area (Å²) in [6, 6.07) is 3.08. The fourth-order valence-electron chi connectivity index (χ4n) is 3.32. The summed E-state index contributed by atoms with van der Waals surface area (Å²) in [5, 5.41) is 0. The summed E-state index contributed by atoms with van der Waals surface area (Å²) in [6.45, 7) is 1.73. The highest BCUT2D eigenvalue weighted by Crippen LogP contribution is 2.46. The minimum absolute atomic E-state index is 0.0313. The molecule has 5 heteroatoms. The lowest BCUT2D eigenvalue weighted by molar-refractivity contribution is 0.0142. The van der Waals surface area contributed by atoms with E-state index in [9.17, 15) is 8.78 Å². The van der Waals surface area contributed by atoms with Crippen molar-refractivity contribution in [3.8, 4) is 11.5 Å². The van der Waals surface area contributed by atoms with Gasteiger partial charge in [0.1, 0.15) is 13.2 Å². The van der Waals surface area contributed by atoms with Gasteiger partial charge in [-0.1, -0.05) is 19.3 Å². The predicted octanol–water partition coefficient (Wildman–Crippen LogP) is 3.69. The molecule has 1 aromatic carbocycles. The number of rotatable bonds is 2. The molecule has 0 spiro atoms. The molecule has 1 fully saturated rings. The molecule has 1 heterocycles. The third-order valence-electron chi connectivity index (χ3n) is 4.44. The van der Waals surface area contributed by atoms with E-state index in [1.54, 1.807) is 6.07 Å². The van der Waals surface area contributed by atoms with E-state index >= 15 is 0 Å². The summed E-state index contributed by atoms with van der Waals surface area (Å²) in [5.74, 6) is -2.03. The summed E-state index contributed by atoms with van der Waals surface area (Å²) in [7, 11) is 0. The number of halogens is 2. The van der Waals surface area contributed by atoms with Gasteiger partial charge in [-0.15, -0.1) is 0 Å². The molecule has 3 nitrogen and oxygen atoms in total. The minimum Gasteiger partial charge on any atom is -0.486 e. The summed E-state index contributed by atoms with van der Waals surface area (Å²) >= 11 is 0. The number of ether oxygens (including phenoxy) is 2. The molecule has 2 aliphatic rings. The van der Waals surface area contributed by atoms with Crippen LogP contribution in [-0.2, 0) is 11.5 Å². The number of alkyl halides is 2. The maximum absolute atomic E-state index is 14.1. The van der Waals surface area contributed by atoms with Crippen molar-refractivity contribution in [1.29, 1.82) is 0 Å². The minimum atomic E-state index is -2.95.